The van der Waals surface area contributed by atoms with Crippen LogP contribution < -0.4 is 10.2 Å². The number of para-hydroxylation sites is 1. The number of rotatable bonds is 4. The summed E-state index contributed by atoms with van der Waals surface area (Å²) in [4.78, 5) is 27.7. The number of nitrogens with zero attached hydrogens (tertiary/aromatic N) is 1. The number of hydrogen-bond donors (Lipinski definition) is 1. The monoisotopic (exact) mass is 390 g/mol. The lowest BCUT2D eigenvalue weighted by atomic mass is 10.1. The first kappa shape index (κ1) is 18.3. The number of halogens is 1. The zero-order valence-corrected chi connectivity index (χ0v) is 15.9. The predicted octanol–water partition coefficient (Wildman–Crippen LogP) is 4.23. The lowest BCUT2D eigenvalue weighted by Crippen LogP contribution is -2.48. The molecule has 0 saturated heterocycles. The van der Waals surface area contributed by atoms with Gasteiger partial charge in [-0.15, -0.1) is 0 Å². The molecule has 1 aliphatic heterocycles. The van der Waals surface area contributed by atoms with Gasteiger partial charge in [0.15, 0.2) is 0 Å². The Labute approximate surface area is 168 Å². The van der Waals surface area contributed by atoms with E-state index in [1.54, 1.807) is 29.2 Å². The third-order valence-corrected chi connectivity index (χ3v) is 5.15. The van der Waals surface area contributed by atoms with Gasteiger partial charge in [0.2, 0.25) is 5.91 Å². The topological polar surface area (TPSA) is 49.4 Å². The van der Waals surface area contributed by atoms with Crippen molar-refractivity contribution < 1.29 is 9.59 Å². The van der Waals surface area contributed by atoms with Crippen LogP contribution in [-0.2, 0) is 17.8 Å². The summed E-state index contributed by atoms with van der Waals surface area (Å²) < 4.78 is 0. The molecule has 1 atom stereocenters. The van der Waals surface area contributed by atoms with Crippen LogP contribution in [0.25, 0.3) is 0 Å². The molecule has 1 aliphatic rings. The summed E-state index contributed by atoms with van der Waals surface area (Å²) in [5.41, 5.74) is 3.31. The van der Waals surface area contributed by atoms with Gasteiger partial charge in [-0.05, 0) is 41.5 Å². The van der Waals surface area contributed by atoms with Crippen LogP contribution in [0.4, 0.5) is 5.69 Å². The lowest BCUT2D eigenvalue weighted by Gasteiger charge is -2.25. The molecule has 0 saturated carbocycles. The number of fused-ring (bicyclic) bond motifs is 1. The molecule has 0 radical (unpaired) electrons. The molecule has 0 spiro atoms. The van der Waals surface area contributed by atoms with E-state index in [1.807, 2.05) is 54.6 Å². The molecule has 2 amide bonds. The van der Waals surface area contributed by atoms with E-state index < -0.39 is 6.04 Å². The quantitative estimate of drug-likeness (QED) is 0.724. The predicted molar refractivity (Wildman–Crippen MR) is 110 cm³/mol. The Bertz CT molecular complexity index is 1000. The van der Waals surface area contributed by atoms with Crippen molar-refractivity contribution in [2.75, 3.05) is 4.90 Å². The average molecular weight is 391 g/mol. The van der Waals surface area contributed by atoms with Crippen molar-refractivity contribution >= 4 is 29.1 Å². The fraction of sp³-hybridized carbons (Fsp3) is 0.130. The summed E-state index contributed by atoms with van der Waals surface area (Å²) in [6.45, 7) is 0.385. The van der Waals surface area contributed by atoms with Gasteiger partial charge in [-0.2, -0.15) is 0 Å². The van der Waals surface area contributed by atoms with Crippen molar-refractivity contribution in [1.82, 2.24) is 5.32 Å². The molecule has 3 aromatic rings. The first-order chi connectivity index (χ1) is 13.6. The van der Waals surface area contributed by atoms with Gasteiger partial charge in [0.1, 0.15) is 6.04 Å². The Balaban J connectivity index is 1.57. The van der Waals surface area contributed by atoms with Gasteiger partial charge in [0, 0.05) is 29.2 Å². The van der Waals surface area contributed by atoms with Crippen molar-refractivity contribution in [3.8, 4) is 0 Å². The van der Waals surface area contributed by atoms with Gasteiger partial charge in [0.25, 0.3) is 5.91 Å². The molecule has 0 aromatic heterocycles. The minimum atomic E-state index is -0.572. The summed E-state index contributed by atoms with van der Waals surface area (Å²) in [7, 11) is 0. The molecular formula is C23H19ClN2O2. The first-order valence-corrected chi connectivity index (χ1v) is 9.50. The second-order valence-electron chi connectivity index (χ2n) is 6.73. The minimum Gasteiger partial charge on any atom is -0.350 e. The Morgan fingerprint density at radius 1 is 0.929 bits per heavy atom. The summed E-state index contributed by atoms with van der Waals surface area (Å²) in [5, 5.41) is 3.61. The smallest absolute Gasteiger partial charge is 0.259 e. The van der Waals surface area contributed by atoms with E-state index in [4.69, 9.17) is 11.6 Å². The molecule has 0 aliphatic carbocycles. The van der Waals surface area contributed by atoms with Gasteiger partial charge in [-0.25, -0.2) is 0 Å². The van der Waals surface area contributed by atoms with Crippen LogP contribution in [0.15, 0.2) is 78.9 Å². The van der Waals surface area contributed by atoms with E-state index in [1.165, 1.54) is 0 Å². The molecule has 1 heterocycles. The number of benzene rings is 3. The van der Waals surface area contributed by atoms with E-state index in [0.717, 1.165) is 16.8 Å². The molecular weight excluding hydrogens is 372 g/mol. The SMILES string of the molecule is O=C(NCc1ccc(Cl)cc1)[C@@H]1Cc2ccccc2N1C(=O)c1ccccc1. The minimum absolute atomic E-state index is 0.169. The second kappa shape index (κ2) is 7.87. The fourth-order valence-electron chi connectivity index (χ4n) is 3.48. The summed E-state index contributed by atoms with van der Waals surface area (Å²) in [6, 6.07) is 23.5. The molecule has 4 nitrogen and oxygen atoms in total. The molecule has 140 valence electrons. The summed E-state index contributed by atoms with van der Waals surface area (Å²) in [5.74, 6) is -0.340. The normalized spacial score (nSPS) is 15.2. The Morgan fingerprint density at radius 3 is 2.36 bits per heavy atom. The van der Waals surface area contributed by atoms with Crippen molar-refractivity contribution in [3.05, 3.63) is 101 Å². The molecule has 4 rings (SSSR count). The molecule has 28 heavy (non-hydrogen) atoms. The van der Waals surface area contributed by atoms with E-state index in [-0.39, 0.29) is 11.8 Å². The number of carbonyl (C=O) groups is 2. The van der Waals surface area contributed by atoms with Gasteiger partial charge in [-0.3, -0.25) is 14.5 Å². The largest absolute Gasteiger partial charge is 0.350 e. The van der Waals surface area contributed by atoms with Crippen LogP contribution in [0.3, 0.4) is 0 Å². The number of hydrogen-bond acceptors (Lipinski definition) is 2. The lowest BCUT2D eigenvalue weighted by molar-refractivity contribution is -0.122. The third-order valence-electron chi connectivity index (χ3n) is 4.90. The number of amides is 2. The molecule has 3 aromatic carbocycles. The zero-order chi connectivity index (χ0) is 19.5. The second-order valence-corrected chi connectivity index (χ2v) is 7.17. The van der Waals surface area contributed by atoms with Crippen LogP contribution in [0.5, 0.6) is 0 Å². The van der Waals surface area contributed by atoms with Crippen LogP contribution in [0.2, 0.25) is 5.02 Å². The van der Waals surface area contributed by atoms with E-state index in [0.29, 0.717) is 23.6 Å². The Hall–Kier alpha value is -3.11. The maximum Gasteiger partial charge on any atom is 0.259 e. The average Bonchev–Trinajstić information content (AvgIpc) is 3.13. The highest BCUT2D eigenvalue weighted by Crippen LogP contribution is 2.33. The maximum atomic E-state index is 13.2. The summed E-state index contributed by atoms with van der Waals surface area (Å²) >= 11 is 5.91. The van der Waals surface area contributed by atoms with Gasteiger partial charge < -0.3 is 5.32 Å². The first-order valence-electron chi connectivity index (χ1n) is 9.12. The third kappa shape index (κ3) is 3.64. The zero-order valence-electron chi connectivity index (χ0n) is 15.1. The van der Waals surface area contributed by atoms with Gasteiger partial charge in [-0.1, -0.05) is 60.1 Å². The van der Waals surface area contributed by atoms with E-state index in [9.17, 15) is 9.59 Å². The van der Waals surface area contributed by atoms with Crippen LogP contribution in [0, 0.1) is 0 Å². The molecule has 0 fully saturated rings. The standard InChI is InChI=1S/C23H19ClN2O2/c24-19-12-10-16(11-13-19)15-25-22(27)21-14-18-8-4-5-9-20(18)26(21)23(28)17-6-2-1-3-7-17/h1-13,21H,14-15H2,(H,25,27)/t21-/m0/s1. The highest BCUT2D eigenvalue weighted by atomic mass is 35.5. The molecule has 5 heteroatoms. The molecule has 0 unspecified atom stereocenters. The highest BCUT2D eigenvalue weighted by Gasteiger charge is 2.38. The maximum absolute atomic E-state index is 13.2. The van der Waals surface area contributed by atoms with Crippen molar-refractivity contribution in [1.29, 1.82) is 0 Å². The number of anilines is 1. The van der Waals surface area contributed by atoms with Crippen molar-refractivity contribution in [2.45, 2.75) is 19.0 Å². The van der Waals surface area contributed by atoms with Crippen molar-refractivity contribution in [3.63, 3.8) is 0 Å². The van der Waals surface area contributed by atoms with Crippen molar-refractivity contribution in [2.24, 2.45) is 0 Å². The highest BCUT2D eigenvalue weighted by molar-refractivity contribution is 6.30. The molecule has 0 bridgehead atoms. The summed E-state index contributed by atoms with van der Waals surface area (Å²) in [6.07, 6.45) is 0.501. The fourth-order valence-corrected chi connectivity index (χ4v) is 3.60. The van der Waals surface area contributed by atoms with Gasteiger partial charge >= 0.3 is 0 Å². The Kier molecular flexibility index (Phi) is 5.13. The molecule has 1 N–H and O–H groups in total. The number of carbonyl (C=O) groups excluding carboxylic acids is 2. The van der Waals surface area contributed by atoms with Crippen LogP contribution in [0.1, 0.15) is 21.5 Å². The van der Waals surface area contributed by atoms with E-state index >= 15 is 0 Å². The van der Waals surface area contributed by atoms with Crippen LogP contribution >= 0.6 is 11.6 Å². The number of nitrogens with one attached hydrogen (secondary N) is 1. The van der Waals surface area contributed by atoms with E-state index in [2.05, 4.69) is 5.32 Å². The van der Waals surface area contributed by atoms with Gasteiger partial charge in [0.05, 0.1) is 0 Å². The van der Waals surface area contributed by atoms with Crippen LogP contribution in [-0.4, -0.2) is 17.9 Å². The Morgan fingerprint density at radius 2 is 1.61 bits per heavy atom.